The number of carbonyl (C=O) groups is 1. The molecule has 0 saturated heterocycles. The van der Waals surface area contributed by atoms with Gasteiger partial charge in [0.1, 0.15) is 5.75 Å². The van der Waals surface area contributed by atoms with E-state index in [1.165, 1.54) is 6.20 Å². The summed E-state index contributed by atoms with van der Waals surface area (Å²) < 4.78 is 5.00. The van der Waals surface area contributed by atoms with E-state index in [4.69, 9.17) is 4.74 Å². The Hall–Kier alpha value is -2.37. The van der Waals surface area contributed by atoms with Crippen molar-refractivity contribution in [2.75, 3.05) is 7.11 Å². The molecule has 0 aliphatic carbocycles. The Morgan fingerprint density at radius 3 is 2.50 bits per heavy atom. The monoisotopic (exact) mass is 216 g/mol. The second kappa shape index (κ2) is 4.43. The van der Waals surface area contributed by atoms with Crippen molar-refractivity contribution in [3.8, 4) is 5.75 Å². The minimum Gasteiger partial charge on any atom is -0.497 e. The van der Waals surface area contributed by atoms with E-state index in [2.05, 4.69) is 20.5 Å². The number of ether oxygens (including phenoxy) is 1. The number of benzene rings is 1. The van der Waals surface area contributed by atoms with Crippen molar-refractivity contribution < 1.29 is 9.53 Å². The molecule has 1 aliphatic rings. The molecule has 1 aliphatic heterocycles. The standard InChI is InChI=1S/C10H8N4O2/c1-16-8-4-2-7(3-5-8)12-13-9-6-11-14-10(9)15/h2-6H,1H3. The maximum atomic E-state index is 11.0. The molecule has 1 amide bonds. The summed E-state index contributed by atoms with van der Waals surface area (Å²) in [6.45, 7) is 0. The van der Waals surface area contributed by atoms with Crippen LogP contribution in [-0.4, -0.2) is 13.0 Å². The van der Waals surface area contributed by atoms with E-state index in [9.17, 15) is 4.79 Å². The van der Waals surface area contributed by atoms with Crippen LogP contribution >= 0.6 is 0 Å². The van der Waals surface area contributed by atoms with Crippen molar-refractivity contribution >= 4 is 11.6 Å². The van der Waals surface area contributed by atoms with E-state index in [1.54, 1.807) is 31.4 Å². The Kier molecular flexibility index (Phi) is 2.81. The van der Waals surface area contributed by atoms with Gasteiger partial charge >= 0.3 is 5.91 Å². The van der Waals surface area contributed by atoms with Crippen molar-refractivity contribution in [1.29, 1.82) is 0 Å². The number of carbonyl (C=O) groups excluding carboxylic acids is 1. The topological polar surface area (TPSA) is 75.7 Å². The Morgan fingerprint density at radius 2 is 1.94 bits per heavy atom. The molecule has 6 nitrogen and oxygen atoms in total. The molecule has 0 bridgehead atoms. The van der Waals surface area contributed by atoms with E-state index >= 15 is 0 Å². The van der Waals surface area contributed by atoms with Gasteiger partial charge in [-0.3, -0.25) is 4.79 Å². The van der Waals surface area contributed by atoms with Gasteiger partial charge in [0.05, 0.1) is 19.0 Å². The Bertz CT molecular complexity index is 488. The molecule has 0 saturated carbocycles. The second-order valence-electron chi connectivity index (χ2n) is 2.93. The number of nitrogens with zero attached hydrogens (tertiary/aromatic N) is 4. The first-order valence-electron chi connectivity index (χ1n) is 4.51. The van der Waals surface area contributed by atoms with Gasteiger partial charge in [0.2, 0.25) is 0 Å². The molecule has 6 heteroatoms. The molecular formula is C10H8N4O2. The summed E-state index contributed by atoms with van der Waals surface area (Å²) in [5.74, 6) is 0.261. The summed E-state index contributed by atoms with van der Waals surface area (Å²) in [7, 11) is 1.58. The summed E-state index contributed by atoms with van der Waals surface area (Å²) in [5.41, 5.74) is 0.761. The molecule has 2 rings (SSSR count). The lowest BCUT2D eigenvalue weighted by atomic mass is 10.3. The van der Waals surface area contributed by atoms with Crippen LogP contribution in [0.3, 0.4) is 0 Å². The van der Waals surface area contributed by atoms with Crippen molar-refractivity contribution in [3.05, 3.63) is 36.2 Å². The van der Waals surface area contributed by atoms with Crippen LogP contribution in [0.25, 0.3) is 0 Å². The Morgan fingerprint density at radius 1 is 1.19 bits per heavy atom. The van der Waals surface area contributed by atoms with Crippen LogP contribution in [-0.2, 0) is 4.79 Å². The van der Waals surface area contributed by atoms with Crippen molar-refractivity contribution in [3.63, 3.8) is 0 Å². The van der Waals surface area contributed by atoms with Crippen LogP contribution in [0, 0.1) is 0 Å². The highest BCUT2D eigenvalue weighted by Gasteiger charge is 2.11. The number of amides is 1. The molecule has 1 heterocycles. The zero-order chi connectivity index (χ0) is 11.4. The van der Waals surface area contributed by atoms with Crippen LogP contribution in [0.1, 0.15) is 0 Å². The van der Waals surface area contributed by atoms with Crippen LogP contribution in [0.15, 0.2) is 56.6 Å². The summed E-state index contributed by atoms with van der Waals surface area (Å²) in [6.07, 6.45) is 1.27. The first-order valence-corrected chi connectivity index (χ1v) is 4.51. The van der Waals surface area contributed by atoms with Gasteiger partial charge in [-0.2, -0.15) is 10.2 Å². The minimum absolute atomic E-state index is 0.135. The molecule has 0 fully saturated rings. The van der Waals surface area contributed by atoms with Crippen LogP contribution in [0.2, 0.25) is 0 Å². The lowest BCUT2D eigenvalue weighted by Crippen LogP contribution is -1.88. The van der Waals surface area contributed by atoms with Gasteiger partial charge in [0.25, 0.3) is 0 Å². The molecular weight excluding hydrogens is 208 g/mol. The number of azo groups is 2. The molecule has 0 spiro atoms. The fourth-order valence-electron chi connectivity index (χ4n) is 1.07. The van der Waals surface area contributed by atoms with E-state index < -0.39 is 5.91 Å². The van der Waals surface area contributed by atoms with Gasteiger partial charge in [-0.25, -0.2) is 0 Å². The predicted molar refractivity (Wildman–Crippen MR) is 55.5 cm³/mol. The molecule has 0 N–H and O–H groups in total. The third kappa shape index (κ3) is 2.17. The van der Waals surface area contributed by atoms with Crippen LogP contribution < -0.4 is 4.74 Å². The van der Waals surface area contributed by atoms with E-state index in [-0.39, 0.29) is 5.70 Å². The molecule has 0 radical (unpaired) electrons. The fraction of sp³-hybridized carbons (Fsp3) is 0.100. The van der Waals surface area contributed by atoms with Gasteiger partial charge in [-0.05, 0) is 24.3 Å². The maximum absolute atomic E-state index is 11.0. The van der Waals surface area contributed by atoms with Gasteiger partial charge in [0.15, 0.2) is 5.70 Å². The average Bonchev–Trinajstić information content (AvgIpc) is 2.73. The first kappa shape index (κ1) is 10.2. The smallest absolute Gasteiger partial charge is 0.317 e. The van der Waals surface area contributed by atoms with Gasteiger partial charge in [-0.1, -0.05) is 0 Å². The third-order valence-corrected chi connectivity index (χ3v) is 1.89. The second-order valence-corrected chi connectivity index (χ2v) is 2.93. The van der Waals surface area contributed by atoms with Crippen molar-refractivity contribution in [2.24, 2.45) is 20.5 Å². The van der Waals surface area contributed by atoms with Crippen LogP contribution in [0.5, 0.6) is 5.75 Å². The van der Waals surface area contributed by atoms with Crippen LogP contribution in [0.4, 0.5) is 5.69 Å². The quantitative estimate of drug-likeness (QED) is 0.728. The first-order chi connectivity index (χ1) is 7.79. The van der Waals surface area contributed by atoms with E-state index in [0.29, 0.717) is 5.69 Å². The molecule has 1 aromatic carbocycles. The Balaban J connectivity index is 2.09. The van der Waals surface area contributed by atoms with Crippen molar-refractivity contribution in [1.82, 2.24) is 0 Å². The fourth-order valence-corrected chi connectivity index (χ4v) is 1.07. The molecule has 0 unspecified atom stereocenters. The van der Waals surface area contributed by atoms with Gasteiger partial charge < -0.3 is 4.74 Å². The maximum Gasteiger partial charge on any atom is 0.317 e. The number of hydrogen-bond donors (Lipinski definition) is 0. The molecule has 1 aromatic rings. The van der Waals surface area contributed by atoms with E-state index in [0.717, 1.165) is 5.75 Å². The lowest BCUT2D eigenvalue weighted by Gasteiger charge is -1.97. The summed E-state index contributed by atoms with van der Waals surface area (Å²) in [5, 5.41) is 14.3. The highest BCUT2D eigenvalue weighted by atomic mass is 16.5. The summed E-state index contributed by atoms with van der Waals surface area (Å²) in [6, 6.07) is 6.98. The highest BCUT2D eigenvalue weighted by Crippen LogP contribution is 2.19. The normalized spacial score (nSPS) is 14.6. The average molecular weight is 216 g/mol. The van der Waals surface area contributed by atoms with Gasteiger partial charge in [0, 0.05) is 0 Å². The largest absolute Gasteiger partial charge is 0.497 e. The third-order valence-electron chi connectivity index (χ3n) is 1.89. The number of methoxy groups -OCH3 is 1. The molecule has 0 atom stereocenters. The molecule has 0 aromatic heterocycles. The SMILES string of the molecule is COc1ccc(N=NC2=CN=NC2=O)cc1. The van der Waals surface area contributed by atoms with Crippen molar-refractivity contribution in [2.45, 2.75) is 0 Å². The highest BCUT2D eigenvalue weighted by molar-refractivity contribution is 5.94. The zero-order valence-electron chi connectivity index (χ0n) is 8.49. The minimum atomic E-state index is -0.475. The summed E-state index contributed by atoms with van der Waals surface area (Å²) >= 11 is 0. The number of hydrogen-bond acceptors (Lipinski definition) is 5. The zero-order valence-corrected chi connectivity index (χ0v) is 8.49. The number of rotatable bonds is 3. The predicted octanol–water partition coefficient (Wildman–Crippen LogP) is 2.61. The summed E-state index contributed by atoms with van der Waals surface area (Å²) in [4.78, 5) is 11.0. The van der Waals surface area contributed by atoms with Gasteiger partial charge in [-0.15, -0.1) is 10.2 Å². The molecule has 16 heavy (non-hydrogen) atoms. The Labute approximate surface area is 91.4 Å². The van der Waals surface area contributed by atoms with E-state index in [1.807, 2.05) is 0 Å². The lowest BCUT2D eigenvalue weighted by molar-refractivity contribution is -0.114. The molecule has 80 valence electrons.